The summed E-state index contributed by atoms with van der Waals surface area (Å²) in [6, 6.07) is 11.0. The Kier molecular flexibility index (Phi) is 5.21. The largest absolute Gasteiger partial charge is 0.335 e. The van der Waals surface area contributed by atoms with Gasteiger partial charge in [-0.25, -0.2) is 4.39 Å². The average molecular weight is 326 g/mol. The molecule has 2 aromatic rings. The van der Waals surface area contributed by atoms with Crippen LogP contribution in [0.5, 0.6) is 0 Å². The lowest BCUT2D eigenvalue weighted by Crippen LogP contribution is -2.30. The van der Waals surface area contributed by atoms with Gasteiger partial charge in [0.2, 0.25) is 0 Å². The molecule has 0 saturated carbocycles. The maximum absolute atomic E-state index is 13.2. The Morgan fingerprint density at radius 3 is 2.52 bits per heavy atom. The Morgan fingerprint density at radius 1 is 1.14 bits per heavy atom. The molecule has 0 aromatic heterocycles. The van der Waals surface area contributed by atoms with E-state index in [0.717, 1.165) is 5.56 Å². The number of benzene rings is 2. The van der Waals surface area contributed by atoms with Crippen molar-refractivity contribution in [3.05, 3.63) is 69.5 Å². The van der Waals surface area contributed by atoms with Gasteiger partial charge in [0, 0.05) is 18.7 Å². The molecule has 2 nitrogen and oxygen atoms in total. The SMILES string of the molecule is CCN(Cc1cccc(F)c1)C(=O)c1ccc(Cl)c(Cl)c1. The van der Waals surface area contributed by atoms with Crippen molar-refractivity contribution in [1.29, 1.82) is 0 Å². The molecule has 0 bridgehead atoms. The van der Waals surface area contributed by atoms with Crippen LogP contribution in [0.4, 0.5) is 4.39 Å². The van der Waals surface area contributed by atoms with Gasteiger partial charge in [0.1, 0.15) is 5.82 Å². The first-order valence-electron chi connectivity index (χ1n) is 6.50. The molecule has 2 rings (SSSR count). The molecule has 0 atom stereocenters. The van der Waals surface area contributed by atoms with Gasteiger partial charge in [-0.15, -0.1) is 0 Å². The first-order valence-corrected chi connectivity index (χ1v) is 7.25. The summed E-state index contributed by atoms with van der Waals surface area (Å²) < 4.78 is 13.2. The maximum atomic E-state index is 13.2. The van der Waals surface area contributed by atoms with E-state index in [-0.39, 0.29) is 11.7 Å². The summed E-state index contributed by atoms with van der Waals surface area (Å²) in [6.07, 6.45) is 0. The number of hydrogen-bond acceptors (Lipinski definition) is 1. The molecule has 0 saturated heterocycles. The van der Waals surface area contributed by atoms with Gasteiger partial charge in [0.05, 0.1) is 10.0 Å². The van der Waals surface area contributed by atoms with Crippen LogP contribution in [-0.4, -0.2) is 17.4 Å². The third-order valence-electron chi connectivity index (χ3n) is 3.10. The van der Waals surface area contributed by atoms with E-state index < -0.39 is 0 Å². The Hall–Kier alpha value is -1.58. The Morgan fingerprint density at radius 2 is 1.90 bits per heavy atom. The minimum Gasteiger partial charge on any atom is -0.335 e. The molecule has 0 spiro atoms. The van der Waals surface area contributed by atoms with E-state index in [9.17, 15) is 9.18 Å². The van der Waals surface area contributed by atoms with Crippen LogP contribution in [0.2, 0.25) is 10.0 Å². The second-order valence-corrected chi connectivity index (χ2v) is 5.39. The lowest BCUT2D eigenvalue weighted by atomic mass is 10.1. The minimum atomic E-state index is -0.314. The number of rotatable bonds is 4. The molecule has 2 aromatic carbocycles. The normalized spacial score (nSPS) is 10.5. The van der Waals surface area contributed by atoms with Crippen molar-refractivity contribution in [2.24, 2.45) is 0 Å². The predicted octanol–water partition coefficient (Wildman–Crippen LogP) is 4.79. The van der Waals surface area contributed by atoms with Gasteiger partial charge < -0.3 is 4.90 Å². The summed E-state index contributed by atoms with van der Waals surface area (Å²) in [6.45, 7) is 2.72. The number of carbonyl (C=O) groups excluding carboxylic acids is 1. The lowest BCUT2D eigenvalue weighted by molar-refractivity contribution is 0.0752. The average Bonchev–Trinajstić information content (AvgIpc) is 2.47. The fourth-order valence-corrected chi connectivity index (χ4v) is 2.29. The van der Waals surface area contributed by atoms with Gasteiger partial charge >= 0.3 is 0 Å². The zero-order valence-corrected chi connectivity index (χ0v) is 13.0. The highest BCUT2D eigenvalue weighted by atomic mass is 35.5. The summed E-state index contributed by atoms with van der Waals surface area (Å²) in [5, 5.41) is 0.741. The molecule has 0 radical (unpaired) electrons. The van der Waals surface area contributed by atoms with E-state index in [1.54, 1.807) is 35.2 Å². The van der Waals surface area contributed by atoms with Crippen LogP contribution in [0.25, 0.3) is 0 Å². The van der Waals surface area contributed by atoms with E-state index in [1.165, 1.54) is 12.1 Å². The molecular weight excluding hydrogens is 312 g/mol. The summed E-state index contributed by atoms with van der Waals surface area (Å²) in [7, 11) is 0. The highest BCUT2D eigenvalue weighted by Gasteiger charge is 2.15. The Labute approximate surface area is 133 Å². The third-order valence-corrected chi connectivity index (χ3v) is 3.84. The molecule has 5 heteroatoms. The quantitative estimate of drug-likeness (QED) is 0.791. The van der Waals surface area contributed by atoms with Crippen molar-refractivity contribution in [1.82, 2.24) is 4.90 Å². The van der Waals surface area contributed by atoms with Gasteiger partial charge in [-0.1, -0.05) is 35.3 Å². The van der Waals surface area contributed by atoms with Crippen LogP contribution in [0.1, 0.15) is 22.8 Å². The molecule has 21 heavy (non-hydrogen) atoms. The number of nitrogens with zero attached hydrogens (tertiary/aromatic N) is 1. The number of carbonyl (C=O) groups is 1. The van der Waals surface area contributed by atoms with Crippen molar-refractivity contribution in [3.63, 3.8) is 0 Å². The summed E-state index contributed by atoms with van der Waals surface area (Å²) >= 11 is 11.8. The molecule has 0 fully saturated rings. The summed E-state index contributed by atoms with van der Waals surface area (Å²) in [5.74, 6) is -0.481. The number of hydrogen-bond donors (Lipinski definition) is 0. The van der Waals surface area contributed by atoms with Crippen LogP contribution < -0.4 is 0 Å². The van der Waals surface area contributed by atoms with Gasteiger partial charge in [-0.05, 0) is 42.8 Å². The van der Waals surface area contributed by atoms with E-state index in [4.69, 9.17) is 23.2 Å². The first kappa shape index (κ1) is 15.8. The van der Waals surface area contributed by atoms with Gasteiger partial charge in [-0.2, -0.15) is 0 Å². The van der Waals surface area contributed by atoms with Gasteiger partial charge in [0.25, 0.3) is 5.91 Å². The van der Waals surface area contributed by atoms with E-state index in [1.807, 2.05) is 6.92 Å². The van der Waals surface area contributed by atoms with E-state index >= 15 is 0 Å². The first-order chi connectivity index (χ1) is 10.0. The van der Waals surface area contributed by atoms with Crippen molar-refractivity contribution in [3.8, 4) is 0 Å². The number of amides is 1. The Balaban J connectivity index is 2.20. The monoisotopic (exact) mass is 325 g/mol. The fraction of sp³-hybridized carbons (Fsp3) is 0.188. The van der Waals surface area contributed by atoms with Crippen molar-refractivity contribution >= 4 is 29.1 Å². The van der Waals surface area contributed by atoms with Gasteiger partial charge in [0.15, 0.2) is 0 Å². The molecule has 0 heterocycles. The van der Waals surface area contributed by atoms with Crippen LogP contribution in [0.3, 0.4) is 0 Å². The molecular formula is C16H14Cl2FNO. The van der Waals surface area contributed by atoms with Crippen LogP contribution in [0.15, 0.2) is 42.5 Å². The molecule has 0 aliphatic carbocycles. The fourth-order valence-electron chi connectivity index (χ4n) is 1.99. The van der Waals surface area contributed by atoms with Crippen molar-refractivity contribution in [2.75, 3.05) is 6.54 Å². The molecule has 1 amide bonds. The number of halogens is 3. The minimum absolute atomic E-state index is 0.166. The maximum Gasteiger partial charge on any atom is 0.254 e. The third kappa shape index (κ3) is 3.96. The molecule has 110 valence electrons. The second kappa shape index (κ2) is 6.92. The smallest absolute Gasteiger partial charge is 0.254 e. The van der Waals surface area contributed by atoms with Gasteiger partial charge in [-0.3, -0.25) is 4.79 Å². The molecule has 0 N–H and O–H groups in total. The highest BCUT2D eigenvalue weighted by Crippen LogP contribution is 2.23. The summed E-state index contributed by atoms with van der Waals surface area (Å²) in [4.78, 5) is 14.1. The van der Waals surface area contributed by atoms with E-state index in [2.05, 4.69) is 0 Å². The van der Waals surface area contributed by atoms with E-state index in [0.29, 0.717) is 28.7 Å². The Bertz CT molecular complexity index is 660. The standard InChI is InChI=1S/C16H14Cl2FNO/c1-2-20(10-11-4-3-5-13(19)8-11)16(21)12-6-7-14(17)15(18)9-12/h3-9H,2,10H2,1H3. The zero-order chi connectivity index (χ0) is 15.4. The van der Waals surface area contributed by atoms with Crippen LogP contribution in [-0.2, 0) is 6.54 Å². The van der Waals surface area contributed by atoms with Crippen LogP contribution >= 0.6 is 23.2 Å². The van der Waals surface area contributed by atoms with Crippen molar-refractivity contribution in [2.45, 2.75) is 13.5 Å². The highest BCUT2D eigenvalue weighted by molar-refractivity contribution is 6.42. The van der Waals surface area contributed by atoms with Crippen LogP contribution in [0, 0.1) is 5.82 Å². The lowest BCUT2D eigenvalue weighted by Gasteiger charge is -2.21. The summed E-state index contributed by atoms with van der Waals surface area (Å²) in [5.41, 5.74) is 1.20. The topological polar surface area (TPSA) is 20.3 Å². The molecule has 0 aliphatic rings. The zero-order valence-electron chi connectivity index (χ0n) is 11.4. The predicted molar refractivity (Wildman–Crippen MR) is 83.3 cm³/mol. The molecule has 0 aliphatic heterocycles. The molecule has 0 unspecified atom stereocenters. The van der Waals surface area contributed by atoms with Crippen molar-refractivity contribution < 1.29 is 9.18 Å². The second-order valence-electron chi connectivity index (χ2n) is 4.58.